The second-order valence-corrected chi connectivity index (χ2v) is 4.13. The van der Waals surface area contributed by atoms with Gasteiger partial charge in [0.25, 0.3) is 0 Å². The van der Waals surface area contributed by atoms with Crippen LogP contribution < -0.4 is 9.47 Å². The molecule has 0 aliphatic heterocycles. The van der Waals surface area contributed by atoms with Gasteiger partial charge in [-0.25, -0.2) is 0 Å². The molecule has 0 N–H and O–H groups in total. The minimum absolute atomic E-state index is 0.787. The van der Waals surface area contributed by atoms with E-state index >= 15 is 0 Å². The number of hydrogen-bond acceptors (Lipinski definition) is 2. The van der Waals surface area contributed by atoms with Crippen molar-refractivity contribution in [2.75, 3.05) is 7.11 Å². The number of methoxy groups -OCH3 is 1. The fourth-order valence-corrected chi connectivity index (χ4v) is 1.75. The Morgan fingerprint density at radius 1 is 0.895 bits per heavy atom. The standard InChI is InChI=1S/C17H16O2/c1-4-5-14-6-7-17(12-13(14)2)19-16-10-8-15(18-3)9-11-16/h6-12H,1-3H3. The van der Waals surface area contributed by atoms with Crippen LogP contribution in [0.5, 0.6) is 17.2 Å². The highest BCUT2D eigenvalue weighted by Gasteiger charge is 2.01. The SMILES string of the molecule is CC#Cc1ccc(Oc2ccc(OC)cc2)cc1C. The number of aryl methyl sites for hydroxylation is 1. The Labute approximate surface area is 114 Å². The summed E-state index contributed by atoms with van der Waals surface area (Å²) in [6.45, 7) is 3.86. The zero-order valence-corrected chi connectivity index (χ0v) is 11.4. The Balaban J connectivity index is 2.17. The predicted octanol–water partition coefficient (Wildman–Crippen LogP) is 4.17. The summed E-state index contributed by atoms with van der Waals surface area (Å²) in [5.41, 5.74) is 2.14. The molecule has 0 fully saturated rings. The maximum atomic E-state index is 5.79. The van der Waals surface area contributed by atoms with E-state index in [9.17, 15) is 0 Å². The number of hydrogen-bond donors (Lipinski definition) is 0. The first-order chi connectivity index (χ1) is 9.22. The molecule has 2 heteroatoms. The van der Waals surface area contributed by atoms with Crippen LogP contribution in [0, 0.1) is 18.8 Å². The Hall–Kier alpha value is -2.40. The first kappa shape index (κ1) is 13.0. The van der Waals surface area contributed by atoms with Gasteiger partial charge in [0.1, 0.15) is 17.2 Å². The van der Waals surface area contributed by atoms with Gasteiger partial charge >= 0.3 is 0 Å². The first-order valence-electron chi connectivity index (χ1n) is 6.08. The van der Waals surface area contributed by atoms with Crippen LogP contribution in [0.25, 0.3) is 0 Å². The van der Waals surface area contributed by atoms with E-state index in [2.05, 4.69) is 11.8 Å². The molecule has 2 nitrogen and oxygen atoms in total. The van der Waals surface area contributed by atoms with E-state index in [0.717, 1.165) is 28.4 Å². The van der Waals surface area contributed by atoms with E-state index in [1.165, 1.54) is 0 Å². The van der Waals surface area contributed by atoms with Crippen LogP contribution in [-0.4, -0.2) is 7.11 Å². The van der Waals surface area contributed by atoms with Gasteiger partial charge in [0.15, 0.2) is 0 Å². The molecule has 2 rings (SSSR count). The molecule has 0 aromatic heterocycles. The monoisotopic (exact) mass is 252 g/mol. The molecular weight excluding hydrogens is 236 g/mol. The lowest BCUT2D eigenvalue weighted by Crippen LogP contribution is -1.88. The first-order valence-corrected chi connectivity index (χ1v) is 6.08. The normalized spacial score (nSPS) is 9.42. The number of ether oxygens (including phenoxy) is 2. The van der Waals surface area contributed by atoms with Crippen LogP contribution in [-0.2, 0) is 0 Å². The van der Waals surface area contributed by atoms with E-state index in [4.69, 9.17) is 9.47 Å². The highest BCUT2D eigenvalue weighted by atomic mass is 16.5. The Morgan fingerprint density at radius 3 is 2.11 bits per heavy atom. The molecule has 0 atom stereocenters. The molecule has 2 aromatic rings. The predicted molar refractivity (Wildman–Crippen MR) is 76.8 cm³/mol. The largest absolute Gasteiger partial charge is 0.497 e. The van der Waals surface area contributed by atoms with Gasteiger partial charge in [0.05, 0.1) is 7.11 Å². The molecule has 0 saturated heterocycles. The molecule has 2 aromatic carbocycles. The lowest BCUT2D eigenvalue weighted by molar-refractivity contribution is 0.413. The van der Waals surface area contributed by atoms with Crippen molar-refractivity contribution >= 4 is 0 Å². The van der Waals surface area contributed by atoms with Crippen molar-refractivity contribution in [3.05, 3.63) is 53.6 Å². The molecular formula is C17H16O2. The lowest BCUT2D eigenvalue weighted by atomic mass is 10.1. The van der Waals surface area contributed by atoms with Crippen LogP contribution in [0.15, 0.2) is 42.5 Å². The third-order valence-corrected chi connectivity index (χ3v) is 2.75. The van der Waals surface area contributed by atoms with Crippen LogP contribution in [0.1, 0.15) is 18.1 Å². The third-order valence-electron chi connectivity index (χ3n) is 2.75. The average molecular weight is 252 g/mol. The zero-order chi connectivity index (χ0) is 13.7. The lowest BCUT2D eigenvalue weighted by Gasteiger charge is -2.08. The highest BCUT2D eigenvalue weighted by molar-refractivity contribution is 5.45. The van der Waals surface area contributed by atoms with Crippen molar-refractivity contribution in [1.29, 1.82) is 0 Å². The Kier molecular flexibility index (Phi) is 4.10. The molecule has 0 heterocycles. The minimum atomic E-state index is 0.787. The molecule has 0 aliphatic rings. The van der Waals surface area contributed by atoms with Crippen molar-refractivity contribution in [3.8, 4) is 29.1 Å². The van der Waals surface area contributed by atoms with E-state index < -0.39 is 0 Å². The summed E-state index contributed by atoms with van der Waals surface area (Å²) in [5, 5.41) is 0. The van der Waals surface area contributed by atoms with Crippen molar-refractivity contribution < 1.29 is 9.47 Å². The van der Waals surface area contributed by atoms with Crippen molar-refractivity contribution in [2.45, 2.75) is 13.8 Å². The van der Waals surface area contributed by atoms with Gasteiger partial charge in [0, 0.05) is 5.56 Å². The van der Waals surface area contributed by atoms with Crippen molar-refractivity contribution in [2.24, 2.45) is 0 Å². The summed E-state index contributed by atoms with van der Waals surface area (Å²) < 4.78 is 10.9. The van der Waals surface area contributed by atoms with E-state index in [1.807, 2.05) is 56.3 Å². The van der Waals surface area contributed by atoms with Crippen LogP contribution in [0.4, 0.5) is 0 Å². The molecule has 0 aliphatic carbocycles. The molecule has 0 bridgehead atoms. The van der Waals surface area contributed by atoms with Gasteiger partial charge in [-0.2, -0.15) is 0 Å². The zero-order valence-electron chi connectivity index (χ0n) is 11.4. The number of benzene rings is 2. The van der Waals surface area contributed by atoms with E-state index in [1.54, 1.807) is 7.11 Å². The average Bonchev–Trinajstić information content (AvgIpc) is 2.43. The van der Waals surface area contributed by atoms with Crippen LogP contribution in [0.2, 0.25) is 0 Å². The summed E-state index contributed by atoms with van der Waals surface area (Å²) in [6.07, 6.45) is 0. The molecule has 0 spiro atoms. The fourth-order valence-electron chi connectivity index (χ4n) is 1.75. The molecule has 19 heavy (non-hydrogen) atoms. The fraction of sp³-hybridized carbons (Fsp3) is 0.176. The van der Waals surface area contributed by atoms with Crippen molar-refractivity contribution in [1.82, 2.24) is 0 Å². The summed E-state index contributed by atoms with van der Waals surface area (Å²) >= 11 is 0. The minimum Gasteiger partial charge on any atom is -0.497 e. The topological polar surface area (TPSA) is 18.5 Å². The van der Waals surface area contributed by atoms with Crippen LogP contribution >= 0.6 is 0 Å². The summed E-state index contributed by atoms with van der Waals surface area (Å²) in [5.74, 6) is 8.37. The third kappa shape index (κ3) is 3.29. The molecule has 96 valence electrons. The summed E-state index contributed by atoms with van der Waals surface area (Å²) in [7, 11) is 1.65. The quantitative estimate of drug-likeness (QED) is 0.763. The van der Waals surface area contributed by atoms with Gasteiger partial charge in [-0.05, 0) is 61.9 Å². The van der Waals surface area contributed by atoms with Gasteiger partial charge in [-0.15, -0.1) is 5.92 Å². The van der Waals surface area contributed by atoms with E-state index in [0.29, 0.717) is 0 Å². The van der Waals surface area contributed by atoms with Gasteiger partial charge in [-0.3, -0.25) is 0 Å². The maximum absolute atomic E-state index is 5.79. The smallest absolute Gasteiger partial charge is 0.127 e. The van der Waals surface area contributed by atoms with Gasteiger partial charge in [-0.1, -0.05) is 5.92 Å². The number of rotatable bonds is 3. The van der Waals surface area contributed by atoms with E-state index in [-0.39, 0.29) is 0 Å². The molecule has 0 unspecified atom stereocenters. The van der Waals surface area contributed by atoms with Crippen molar-refractivity contribution in [3.63, 3.8) is 0 Å². The summed E-state index contributed by atoms with van der Waals surface area (Å²) in [4.78, 5) is 0. The van der Waals surface area contributed by atoms with Gasteiger partial charge < -0.3 is 9.47 Å². The highest BCUT2D eigenvalue weighted by Crippen LogP contribution is 2.25. The molecule has 0 amide bonds. The second kappa shape index (κ2) is 5.97. The van der Waals surface area contributed by atoms with Crippen LogP contribution in [0.3, 0.4) is 0 Å². The molecule has 0 radical (unpaired) electrons. The molecule has 0 saturated carbocycles. The Morgan fingerprint density at radius 2 is 1.53 bits per heavy atom. The maximum Gasteiger partial charge on any atom is 0.127 e. The van der Waals surface area contributed by atoms with Gasteiger partial charge in [0.2, 0.25) is 0 Å². The second-order valence-electron chi connectivity index (χ2n) is 4.13. The Bertz CT molecular complexity index is 616. The summed E-state index contributed by atoms with van der Waals surface area (Å²) in [6, 6.07) is 13.4.